The molecule has 8 heteroatoms. The van der Waals surface area contributed by atoms with Gasteiger partial charge in [-0.1, -0.05) is 28.9 Å². The molecule has 0 amide bonds. The van der Waals surface area contributed by atoms with Gasteiger partial charge >= 0.3 is 5.97 Å². The maximum Gasteiger partial charge on any atom is 0.331 e. The Morgan fingerprint density at radius 1 is 1.18 bits per heavy atom. The van der Waals surface area contributed by atoms with Crippen molar-refractivity contribution in [3.63, 3.8) is 0 Å². The lowest BCUT2D eigenvalue weighted by Gasteiger charge is -2.07. The molecule has 0 bridgehead atoms. The number of nitrogens with zero attached hydrogens (tertiary/aromatic N) is 2. The third-order valence-electron chi connectivity index (χ3n) is 3.76. The number of rotatable bonds is 7. The van der Waals surface area contributed by atoms with Crippen molar-refractivity contribution >= 4 is 23.6 Å². The van der Waals surface area contributed by atoms with Crippen LogP contribution in [-0.4, -0.2) is 30.3 Å². The van der Waals surface area contributed by atoms with Gasteiger partial charge in [0.2, 0.25) is 5.82 Å². The number of methoxy groups -OCH3 is 2. The monoisotopic (exact) mass is 400 g/mol. The molecule has 0 N–H and O–H groups in total. The number of esters is 1. The first kappa shape index (κ1) is 19.4. The van der Waals surface area contributed by atoms with E-state index in [1.54, 1.807) is 49.6 Å². The van der Waals surface area contributed by atoms with E-state index in [-0.39, 0.29) is 12.5 Å². The van der Waals surface area contributed by atoms with E-state index in [0.717, 1.165) is 0 Å². The van der Waals surface area contributed by atoms with Gasteiger partial charge in [0.05, 0.1) is 19.2 Å². The smallest absolute Gasteiger partial charge is 0.331 e. The normalized spacial score (nSPS) is 10.8. The Morgan fingerprint density at radius 2 is 2.00 bits per heavy atom. The summed E-state index contributed by atoms with van der Waals surface area (Å²) in [5, 5.41) is 4.35. The van der Waals surface area contributed by atoms with Gasteiger partial charge in [0.15, 0.2) is 6.61 Å². The first-order valence-corrected chi connectivity index (χ1v) is 8.63. The van der Waals surface area contributed by atoms with E-state index in [9.17, 15) is 4.79 Å². The second-order valence-corrected chi connectivity index (χ2v) is 5.95. The predicted octanol–water partition coefficient (Wildman–Crippen LogP) is 4.16. The molecule has 0 saturated carbocycles. The summed E-state index contributed by atoms with van der Waals surface area (Å²) in [6, 6.07) is 12.4. The average molecular weight is 401 g/mol. The molecule has 28 heavy (non-hydrogen) atoms. The van der Waals surface area contributed by atoms with Gasteiger partial charge in [-0.15, -0.1) is 0 Å². The zero-order valence-electron chi connectivity index (χ0n) is 15.2. The number of ether oxygens (including phenoxy) is 3. The van der Waals surface area contributed by atoms with Gasteiger partial charge in [-0.05, 0) is 30.3 Å². The number of benzene rings is 2. The van der Waals surface area contributed by atoms with Crippen molar-refractivity contribution in [2.24, 2.45) is 0 Å². The first-order valence-electron chi connectivity index (χ1n) is 8.25. The highest BCUT2D eigenvalue weighted by atomic mass is 35.5. The highest BCUT2D eigenvalue weighted by molar-refractivity contribution is 6.33. The molecule has 2 aromatic carbocycles. The summed E-state index contributed by atoms with van der Waals surface area (Å²) in [6.07, 6.45) is 2.87. The molecule has 0 aliphatic heterocycles. The van der Waals surface area contributed by atoms with Crippen molar-refractivity contribution < 1.29 is 23.5 Å². The van der Waals surface area contributed by atoms with Crippen LogP contribution in [0.2, 0.25) is 5.02 Å². The van der Waals surface area contributed by atoms with Crippen LogP contribution in [0.5, 0.6) is 11.5 Å². The summed E-state index contributed by atoms with van der Waals surface area (Å²) in [6.45, 7) is -0.152. The molecule has 0 radical (unpaired) electrons. The number of hydrogen-bond donors (Lipinski definition) is 0. The molecule has 3 rings (SSSR count). The fraction of sp³-hybridized carbons (Fsp3) is 0.150. The van der Waals surface area contributed by atoms with Crippen molar-refractivity contribution in [3.8, 4) is 22.9 Å². The quantitative estimate of drug-likeness (QED) is 0.434. The second-order valence-electron chi connectivity index (χ2n) is 5.54. The summed E-state index contributed by atoms with van der Waals surface area (Å²) in [5.41, 5.74) is 1.34. The minimum Gasteiger partial charge on any atom is -0.497 e. The Hall–Kier alpha value is -3.32. The molecule has 0 fully saturated rings. The molecule has 0 spiro atoms. The molecule has 0 aliphatic rings. The summed E-state index contributed by atoms with van der Waals surface area (Å²) >= 11 is 6.10. The summed E-state index contributed by atoms with van der Waals surface area (Å²) in [7, 11) is 3.10. The van der Waals surface area contributed by atoms with Gasteiger partial charge in [-0.3, -0.25) is 0 Å². The topological polar surface area (TPSA) is 83.7 Å². The van der Waals surface area contributed by atoms with Gasteiger partial charge in [0.25, 0.3) is 5.89 Å². The van der Waals surface area contributed by atoms with Crippen LogP contribution in [0.1, 0.15) is 11.5 Å². The summed E-state index contributed by atoms with van der Waals surface area (Å²) in [5.74, 6) is 1.16. The third kappa shape index (κ3) is 4.69. The van der Waals surface area contributed by atoms with E-state index in [1.807, 2.05) is 6.07 Å². The van der Waals surface area contributed by atoms with Gasteiger partial charge in [-0.2, -0.15) is 4.98 Å². The van der Waals surface area contributed by atoms with Crippen molar-refractivity contribution in [2.45, 2.75) is 6.61 Å². The minimum atomic E-state index is -0.560. The van der Waals surface area contributed by atoms with Crippen molar-refractivity contribution in [3.05, 3.63) is 65.0 Å². The van der Waals surface area contributed by atoms with E-state index in [0.29, 0.717) is 33.5 Å². The van der Waals surface area contributed by atoms with Crippen LogP contribution in [0.4, 0.5) is 0 Å². The lowest BCUT2D eigenvalue weighted by molar-refractivity contribution is -0.139. The molecule has 0 unspecified atom stereocenters. The number of halogens is 1. The fourth-order valence-corrected chi connectivity index (χ4v) is 2.58. The lowest BCUT2D eigenvalue weighted by Crippen LogP contribution is -2.01. The number of carbonyl (C=O) groups is 1. The molecule has 3 aromatic rings. The lowest BCUT2D eigenvalue weighted by atomic mass is 10.2. The molecular formula is C20H17ClN2O5. The third-order valence-corrected chi connectivity index (χ3v) is 4.09. The summed E-state index contributed by atoms with van der Waals surface area (Å²) in [4.78, 5) is 16.1. The Bertz CT molecular complexity index is 1000. The second kappa shape index (κ2) is 9.05. The van der Waals surface area contributed by atoms with Crippen LogP contribution < -0.4 is 9.47 Å². The average Bonchev–Trinajstić information content (AvgIpc) is 3.19. The number of hydrogen-bond acceptors (Lipinski definition) is 7. The largest absolute Gasteiger partial charge is 0.497 e. The van der Waals surface area contributed by atoms with Crippen LogP contribution in [0.3, 0.4) is 0 Å². The molecule has 0 atom stereocenters. The van der Waals surface area contributed by atoms with E-state index in [1.165, 1.54) is 13.2 Å². The Morgan fingerprint density at radius 3 is 2.75 bits per heavy atom. The van der Waals surface area contributed by atoms with Crippen molar-refractivity contribution in [2.75, 3.05) is 14.2 Å². The maximum atomic E-state index is 12.0. The standard InChI is InChI=1S/C20H17ClN2O5/c1-25-14-9-7-13(17(11-14)26-2)8-10-19(24)27-12-18-22-20(23-28-18)15-5-3-4-6-16(15)21/h3-11H,12H2,1-2H3/b10-8+. The molecule has 1 aromatic heterocycles. The van der Waals surface area contributed by atoms with Gasteiger partial charge in [-0.25, -0.2) is 4.79 Å². The van der Waals surface area contributed by atoms with E-state index in [2.05, 4.69) is 10.1 Å². The molecule has 0 aliphatic carbocycles. The van der Waals surface area contributed by atoms with E-state index >= 15 is 0 Å². The van der Waals surface area contributed by atoms with Crippen LogP contribution in [0.15, 0.2) is 53.1 Å². The highest BCUT2D eigenvalue weighted by Gasteiger charge is 2.12. The van der Waals surface area contributed by atoms with Gasteiger partial charge in [0.1, 0.15) is 11.5 Å². The SMILES string of the molecule is COc1ccc(/C=C/C(=O)OCc2nc(-c3ccccc3Cl)no2)c(OC)c1. The zero-order chi connectivity index (χ0) is 19.9. The first-order chi connectivity index (χ1) is 13.6. The van der Waals surface area contributed by atoms with Crippen LogP contribution in [-0.2, 0) is 16.1 Å². The van der Waals surface area contributed by atoms with Crippen LogP contribution in [0, 0.1) is 0 Å². The highest BCUT2D eigenvalue weighted by Crippen LogP contribution is 2.26. The van der Waals surface area contributed by atoms with Gasteiger partial charge in [0, 0.05) is 23.3 Å². The fourth-order valence-electron chi connectivity index (χ4n) is 2.36. The maximum absolute atomic E-state index is 12.0. The van der Waals surface area contributed by atoms with Crippen molar-refractivity contribution in [1.82, 2.24) is 10.1 Å². The molecule has 144 valence electrons. The number of carbonyl (C=O) groups excluding carboxylic acids is 1. The van der Waals surface area contributed by atoms with Crippen LogP contribution in [0.25, 0.3) is 17.5 Å². The predicted molar refractivity (Wildman–Crippen MR) is 103 cm³/mol. The van der Waals surface area contributed by atoms with Gasteiger partial charge < -0.3 is 18.7 Å². The Balaban J connectivity index is 1.61. The van der Waals surface area contributed by atoms with Crippen LogP contribution >= 0.6 is 11.6 Å². The molecular weight excluding hydrogens is 384 g/mol. The molecule has 0 saturated heterocycles. The Kier molecular flexibility index (Phi) is 6.29. The minimum absolute atomic E-state index is 0.152. The van der Waals surface area contributed by atoms with E-state index < -0.39 is 5.97 Å². The summed E-state index contributed by atoms with van der Waals surface area (Å²) < 4.78 is 20.6. The van der Waals surface area contributed by atoms with Crippen molar-refractivity contribution in [1.29, 1.82) is 0 Å². The van der Waals surface area contributed by atoms with E-state index in [4.69, 9.17) is 30.3 Å². The Labute approximate surface area is 166 Å². The molecule has 7 nitrogen and oxygen atoms in total. The number of aromatic nitrogens is 2. The zero-order valence-corrected chi connectivity index (χ0v) is 16.0. The molecule has 1 heterocycles.